The van der Waals surface area contributed by atoms with Crippen LogP contribution in [-0.2, 0) is 4.74 Å². The van der Waals surface area contributed by atoms with Gasteiger partial charge in [-0.3, -0.25) is 9.69 Å². The molecular formula is C23H27N5O4. The van der Waals surface area contributed by atoms with Crippen LogP contribution in [-0.4, -0.2) is 72.9 Å². The van der Waals surface area contributed by atoms with Crippen molar-refractivity contribution >= 4 is 5.91 Å². The van der Waals surface area contributed by atoms with Gasteiger partial charge in [0, 0.05) is 19.6 Å². The molecule has 0 saturated carbocycles. The predicted octanol–water partition coefficient (Wildman–Crippen LogP) is 2.09. The van der Waals surface area contributed by atoms with Gasteiger partial charge in [-0.25, -0.2) is 0 Å². The molecule has 32 heavy (non-hydrogen) atoms. The van der Waals surface area contributed by atoms with Crippen molar-refractivity contribution in [1.29, 1.82) is 0 Å². The van der Waals surface area contributed by atoms with Crippen LogP contribution in [0.4, 0.5) is 0 Å². The number of ether oxygens (including phenoxy) is 3. The SMILES string of the molecule is COc1ccc([C@@H](CNC(=O)c2cnn(-c3ccccc3)n2)N2CCOCC2)cc1OC. The van der Waals surface area contributed by atoms with Crippen molar-refractivity contribution < 1.29 is 19.0 Å². The second kappa shape index (κ2) is 10.3. The molecule has 1 aliphatic heterocycles. The highest BCUT2D eigenvalue weighted by Gasteiger charge is 2.25. The number of para-hydroxylation sites is 1. The van der Waals surface area contributed by atoms with Gasteiger partial charge in [-0.2, -0.15) is 9.90 Å². The number of rotatable bonds is 8. The maximum Gasteiger partial charge on any atom is 0.273 e. The Morgan fingerprint density at radius 1 is 1.09 bits per heavy atom. The fourth-order valence-corrected chi connectivity index (χ4v) is 3.74. The molecule has 3 aromatic rings. The van der Waals surface area contributed by atoms with Crippen molar-refractivity contribution in [2.24, 2.45) is 0 Å². The van der Waals surface area contributed by atoms with Crippen LogP contribution in [0.1, 0.15) is 22.1 Å². The van der Waals surface area contributed by atoms with E-state index in [0.717, 1.165) is 24.3 Å². The van der Waals surface area contributed by atoms with E-state index in [1.807, 2.05) is 48.5 Å². The van der Waals surface area contributed by atoms with Crippen LogP contribution in [0.15, 0.2) is 54.7 Å². The Morgan fingerprint density at radius 3 is 2.56 bits per heavy atom. The van der Waals surface area contributed by atoms with Crippen LogP contribution in [0, 0.1) is 0 Å². The van der Waals surface area contributed by atoms with Crippen LogP contribution in [0.3, 0.4) is 0 Å². The van der Waals surface area contributed by atoms with Gasteiger partial charge in [-0.1, -0.05) is 24.3 Å². The zero-order valence-corrected chi connectivity index (χ0v) is 18.2. The Bertz CT molecular complexity index is 1030. The van der Waals surface area contributed by atoms with Gasteiger partial charge in [0.2, 0.25) is 0 Å². The molecule has 0 radical (unpaired) electrons. The lowest BCUT2D eigenvalue weighted by Gasteiger charge is -2.35. The third-order valence-corrected chi connectivity index (χ3v) is 5.45. The summed E-state index contributed by atoms with van der Waals surface area (Å²) in [4.78, 5) is 16.6. The van der Waals surface area contributed by atoms with Crippen LogP contribution in [0.5, 0.6) is 11.5 Å². The van der Waals surface area contributed by atoms with Gasteiger partial charge in [-0.15, -0.1) is 5.10 Å². The number of amides is 1. The minimum absolute atomic E-state index is 0.0492. The third-order valence-electron chi connectivity index (χ3n) is 5.45. The van der Waals surface area contributed by atoms with E-state index >= 15 is 0 Å². The van der Waals surface area contributed by atoms with E-state index < -0.39 is 0 Å². The first kappa shape index (κ1) is 21.8. The smallest absolute Gasteiger partial charge is 0.273 e. The van der Waals surface area contributed by atoms with Crippen LogP contribution in [0.2, 0.25) is 0 Å². The number of methoxy groups -OCH3 is 2. The lowest BCUT2D eigenvalue weighted by molar-refractivity contribution is 0.0161. The van der Waals surface area contributed by atoms with E-state index in [-0.39, 0.29) is 17.6 Å². The molecule has 2 aromatic carbocycles. The van der Waals surface area contributed by atoms with Crippen molar-refractivity contribution in [3.63, 3.8) is 0 Å². The summed E-state index contributed by atoms with van der Waals surface area (Å²) in [7, 11) is 3.23. The minimum Gasteiger partial charge on any atom is -0.493 e. The molecule has 0 unspecified atom stereocenters. The van der Waals surface area contributed by atoms with Gasteiger partial charge in [0.05, 0.1) is 45.4 Å². The zero-order valence-electron chi connectivity index (χ0n) is 18.2. The second-order valence-corrected chi connectivity index (χ2v) is 7.34. The number of nitrogens with zero attached hydrogens (tertiary/aromatic N) is 4. The topological polar surface area (TPSA) is 90.7 Å². The molecule has 0 bridgehead atoms. The molecule has 0 aliphatic carbocycles. The number of carbonyl (C=O) groups is 1. The van der Waals surface area contributed by atoms with Crippen LogP contribution in [0.25, 0.3) is 5.69 Å². The van der Waals surface area contributed by atoms with E-state index in [4.69, 9.17) is 14.2 Å². The fraction of sp³-hybridized carbons (Fsp3) is 0.348. The van der Waals surface area contributed by atoms with Gasteiger partial charge in [-0.05, 0) is 29.8 Å². The summed E-state index contributed by atoms with van der Waals surface area (Å²) in [6, 6.07) is 15.3. The molecular weight excluding hydrogens is 410 g/mol. The maximum atomic E-state index is 12.8. The summed E-state index contributed by atoms with van der Waals surface area (Å²) < 4.78 is 16.4. The minimum atomic E-state index is -0.272. The average Bonchev–Trinajstić information content (AvgIpc) is 3.36. The molecule has 1 saturated heterocycles. The zero-order chi connectivity index (χ0) is 22.3. The molecule has 168 valence electrons. The highest BCUT2D eigenvalue weighted by Crippen LogP contribution is 2.32. The number of nitrogens with one attached hydrogen (secondary N) is 1. The van der Waals surface area contributed by atoms with Crippen molar-refractivity contribution in [3.8, 4) is 17.2 Å². The van der Waals surface area contributed by atoms with Gasteiger partial charge in [0.25, 0.3) is 5.91 Å². The van der Waals surface area contributed by atoms with Gasteiger partial charge >= 0.3 is 0 Å². The number of benzene rings is 2. The van der Waals surface area contributed by atoms with Crippen molar-refractivity contribution in [2.75, 3.05) is 47.1 Å². The molecule has 1 aliphatic rings. The van der Waals surface area contributed by atoms with E-state index in [1.54, 1.807) is 14.2 Å². The third kappa shape index (κ3) is 4.90. The fourth-order valence-electron chi connectivity index (χ4n) is 3.74. The molecule has 2 heterocycles. The molecule has 1 amide bonds. The van der Waals surface area contributed by atoms with E-state index in [9.17, 15) is 4.79 Å². The van der Waals surface area contributed by atoms with Crippen molar-refractivity contribution in [1.82, 2.24) is 25.2 Å². The maximum absolute atomic E-state index is 12.8. The molecule has 9 nitrogen and oxygen atoms in total. The first-order valence-electron chi connectivity index (χ1n) is 10.5. The average molecular weight is 438 g/mol. The number of hydrogen-bond acceptors (Lipinski definition) is 7. The molecule has 1 N–H and O–H groups in total. The molecule has 1 atom stereocenters. The normalized spacial score (nSPS) is 15.2. The molecule has 1 aromatic heterocycles. The first-order valence-corrected chi connectivity index (χ1v) is 10.5. The standard InChI is InChI=1S/C23H27N5O4/c1-30-21-9-8-17(14-22(21)31-2)20(27-10-12-32-13-11-27)16-24-23(29)19-15-25-28(26-19)18-6-4-3-5-7-18/h3-9,14-15,20H,10-13,16H2,1-2H3,(H,24,29)/t20-/m1/s1. The summed E-state index contributed by atoms with van der Waals surface area (Å²) in [5, 5.41) is 11.5. The van der Waals surface area contributed by atoms with Crippen LogP contribution >= 0.6 is 0 Å². The Labute approximate surface area is 186 Å². The summed E-state index contributed by atoms with van der Waals surface area (Å²) in [5.41, 5.74) is 2.09. The second-order valence-electron chi connectivity index (χ2n) is 7.34. The summed E-state index contributed by atoms with van der Waals surface area (Å²) in [5.74, 6) is 1.05. The van der Waals surface area contributed by atoms with Gasteiger partial charge in [0.1, 0.15) is 0 Å². The molecule has 0 spiro atoms. The van der Waals surface area contributed by atoms with E-state index in [1.165, 1.54) is 11.0 Å². The lowest BCUT2D eigenvalue weighted by atomic mass is 10.0. The summed E-state index contributed by atoms with van der Waals surface area (Å²) >= 11 is 0. The lowest BCUT2D eigenvalue weighted by Crippen LogP contribution is -2.43. The highest BCUT2D eigenvalue weighted by molar-refractivity contribution is 5.91. The van der Waals surface area contributed by atoms with Crippen molar-refractivity contribution in [3.05, 3.63) is 66.0 Å². The number of aromatic nitrogens is 3. The predicted molar refractivity (Wildman–Crippen MR) is 118 cm³/mol. The Morgan fingerprint density at radius 2 is 1.84 bits per heavy atom. The number of hydrogen-bond donors (Lipinski definition) is 1. The summed E-state index contributed by atoms with van der Waals surface area (Å²) in [6.07, 6.45) is 1.47. The number of morpholine rings is 1. The Kier molecular flexibility index (Phi) is 6.98. The quantitative estimate of drug-likeness (QED) is 0.577. The Hall–Kier alpha value is -3.43. The molecule has 9 heteroatoms. The first-order chi connectivity index (χ1) is 15.7. The van der Waals surface area contributed by atoms with Crippen molar-refractivity contribution in [2.45, 2.75) is 6.04 Å². The van der Waals surface area contributed by atoms with E-state index in [2.05, 4.69) is 20.4 Å². The Balaban J connectivity index is 1.50. The number of carbonyl (C=O) groups excluding carboxylic acids is 1. The monoisotopic (exact) mass is 437 g/mol. The largest absolute Gasteiger partial charge is 0.493 e. The van der Waals surface area contributed by atoms with Gasteiger partial charge < -0.3 is 19.5 Å². The summed E-state index contributed by atoms with van der Waals surface area (Å²) in [6.45, 7) is 3.27. The molecule has 1 fully saturated rings. The van der Waals surface area contributed by atoms with Crippen LogP contribution < -0.4 is 14.8 Å². The molecule has 4 rings (SSSR count). The van der Waals surface area contributed by atoms with E-state index in [0.29, 0.717) is 31.3 Å². The van der Waals surface area contributed by atoms with Gasteiger partial charge in [0.15, 0.2) is 17.2 Å². The highest BCUT2D eigenvalue weighted by atomic mass is 16.5.